The van der Waals surface area contributed by atoms with Crippen molar-refractivity contribution in [3.63, 3.8) is 0 Å². The number of ether oxygens (including phenoxy) is 2. The van der Waals surface area contributed by atoms with Crippen LogP contribution in [0.15, 0.2) is 30.3 Å². The molecule has 0 aromatic heterocycles. The molecule has 0 fully saturated rings. The van der Waals surface area contributed by atoms with Crippen molar-refractivity contribution in [3.8, 4) is 6.07 Å². The summed E-state index contributed by atoms with van der Waals surface area (Å²) in [5.74, 6) is -0.248. The van der Waals surface area contributed by atoms with Gasteiger partial charge in [-0.1, -0.05) is 57.5 Å². The van der Waals surface area contributed by atoms with Crippen LogP contribution >= 0.6 is 0 Å². The molecule has 0 saturated carbocycles. The monoisotopic (exact) mass is 389 g/mol. The number of hydrogen-bond donors (Lipinski definition) is 2. The SMILES string of the molecule is CCCCOC[C@@H](C#N)NC(=O)[C@H](CC(C)C)NC(=O)OCc1ccccc1. The van der Waals surface area contributed by atoms with Crippen LogP contribution < -0.4 is 10.6 Å². The Hall–Kier alpha value is -2.59. The van der Waals surface area contributed by atoms with Crippen molar-refractivity contribution in [3.05, 3.63) is 35.9 Å². The summed E-state index contributed by atoms with van der Waals surface area (Å²) >= 11 is 0. The van der Waals surface area contributed by atoms with Crippen molar-refractivity contribution >= 4 is 12.0 Å². The summed E-state index contributed by atoms with van der Waals surface area (Å²) in [4.78, 5) is 24.7. The van der Waals surface area contributed by atoms with Crippen LogP contribution in [0.2, 0.25) is 0 Å². The molecule has 0 radical (unpaired) electrons. The topological polar surface area (TPSA) is 100 Å². The molecule has 0 bridgehead atoms. The Balaban J connectivity index is 2.55. The van der Waals surface area contributed by atoms with E-state index in [1.807, 2.05) is 57.2 Å². The van der Waals surface area contributed by atoms with Crippen molar-refractivity contribution in [2.24, 2.45) is 5.92 Å². The van der Waals surface area contributed by atoms with Crippen LogP contribution in [0.3, 0.4) is 0 Å². The Labute approximate surface area is 167 Å². The molecule has 28 heavy (non-hydrogen) atoms. The third-order valence-electron chi connectivity index (χ3n) is 3.93. The second kappa shape index (κ2) is 13.6. The van der Waals surface area contributed by atoms with E-state index >= 15 is 0 Å². The predicted molar refractivity (Wildman–Crippen MR) is 106 cm³/mol. The summed E-state index contributed by atoms with van der Waals surface area (Å²) < 4.78 is 10.6. The second-order valence-corrected chi connectivity index (χ2v) is 7.01. The highest BCUT2D eigenvalue weighted by Crippen LogP contribution is 2.07. The first-order valence-electron chi connectivity index (χ1n) is 9.71. The van der Waals surface area contributed by atoms with Crippen molar-refractivity contribution in [2.75, 3.05) is 13.2 Å². The van der Waals surface area contributed by atoms with Gasteiger partial charge in [-0.15, -0.1) is 0 Å². The molecular formula is C21H31N3O4. The fourth-order valence-electron chi connectivity index (χ4n) is 2.44. The van der Waals surface area contributed by atoms with Gasteiger partial charge in [0, 0.05) is 6.61 Å². The zero-order valence-corrected chi connectivity index (χ0v) is 16.9. The van der Waals surface area contributed by atoms with Crippen molar-refractivity contribution in [1.29, 1.82) is 5.26 Å². The molecule has 0 aliphatic heterocycles. The van der Waals surface area contributed by atoms with Gasteiger partial charge in [-0.3, -0.25) is 4.79 Å². The summed E-state index contributed by atoms with van der Waals surface area (Å²) in [5, 5.41) is 14.5. The fourth-order valence-corrected chi connectivity index (χ4v) is 2.44. The minimum Gasteiger partial charge on any atom is -0.445 e. The molecule has 7 nitrogen and oxygen atoms in total. The van der Waals surface area contributed by atoms with E-state index in [1.165, 1.54) is 0 Å². The van der Waals surface area contributed by atoms with Gasteiger partial charge in [-0.2, -0.15) is 5.26 Å². The van der Waals surface area contributed by atoms with Gasteiger partial charge in [0.05, 0.1) is 12.7 Å². The third-order valence-corrected chi connectivity index (χ3v) is 3.93. The Kier molecular flexibility index (Phi) is 11.4. The number of carbonyl (C=O) groups is 2. The molecule has 154 valence electrons. The molecule has 0 unspecified atom stereocenters. The molecule has 0 heterocycles. The summed E-state index contributed by atoms with van der Waals surface area (Å²) in [5.41, 5.74) is 0.858. The average molecular weight is 389 g/mol. The normalized spacial score (nSPS) is 12.7. The van der Waals surface area contributed by atoms with Gasteiger partial charge < -0.3 is 20.1 Å². The van der Waals surface area contributed by atoms with Crippen molar-refractivity contribution < 1.29 is 19.1 Å². The van der Waals surface area contributed by atoms with E-state index < -0.39 is 24.1 Å². The number of nitrogens with one attached hydrogen (secondary N) is 2. The van der Waals surface area contributed by atoms with E-state index in [4.69, 9.17) is 9.47 Å². The number of nitriles is 1. The highest BCUT2D eigenvalue weighted by atomic mass is 16.5. The van der Waals surface area contributed by atoms with E-state index in [9.17, 15) is 14.9 Å². The molecule has 7 heteroatoms. The molecule has 1 rings (SSSR count). The Morgan fingerprint density at radius 1 is 1.18 bits per heavy atom. The van der Waals surface area contributed by atoms with Crippen LogP contribution in [-0.2, 0) is 20.9 Å². The number of hydrogen-bond acceptors (Lipinski definition) is 5. The Morgan fingerprint density at radius 3 is 2.50 bits per heavy atom. The molecule has 1 aromatic rings. The number of amides is 2. The number of benzene rings is 1. The zero-order valence-electron chi connectivity index (χ0n) is 16.9. The number of nitrogens with zero attached hydrogens (tertiary/aromatic N) is 1. The van der Waals surface area contributed by atoms with Crippen LogP contribution in [0.4, 0.5) is 4.79 Å². The first-order chi connectivity index (χ1) is 13.5. The molecule has 1 aromatic carbocycles. The molecule has 0 aliphatic carbocycles. The second-order valence-electron chi connectivity index (χ2n) is 7.01. The summed E-state index contributed by atoms with van der Waals surface area (Å²) in [6, 6.07) is 9.76. The zero-order chi connectivity index (χ0) is 20.8. The molecule has 0 spiro atoms. The average Bonchev–Trinajstić information content (AvgIpc) is 2.68. The quantitative estimate of drug-likeness (QED) is 0.535. The lowest BCUT2D eigenvalue weighted by atomic mass is 10.0. The van der Waals surface area contributed by atoms with E-state index in [0.717, 1.165) is 18.4 Å². The molecular weight excluding hydrogens is 358 g/mol. The summed E-state index contributed by atoms with van der Waals surface area (Å²) in [6.45, 7) is 6.74. The van der Waals surface area contributed by atoms with Crippen LogP contribution in [0, 0.1) is 17.2 Å². The smallest absolute Gasteiger partial charge is 0.408 e. The highest BCUT2D eigenvalue weighted by Gasteiger charge is 2.25. The maximum atomic E-state index is 12.6. The molecule has 2 atom stereocenters. The van der Waals surface area contributed by atoms with Gasteiger partial charge in [0.2, 0.25) is 5.91 Å². The predicted octanol–water partition coefficient (Wildman–Crippen LogP) is 3.15. The lowest BCUT2D eigenvalue weighted by molar-refractivity contribution is -0.124. The van der Waals surface area contributed by atoms with Gasteiger partial charge in [0.25, 0.3) is 0 Å². The van der Waals surface area contributed by atoms with Crippen LogP contribution in [0.5, 0.6) is 0 Å². The number of unbranched alkanes of at least 4 members (excludes halogenated alkanes) is 1. The van der Waals surface area contributed by atoms with Crippen LogP contribution in [0.25, 0.3) is 0 Å². The molecule has 0 saturated heterocycles. The first kappa shape index (κ1) is 23.4. The van der Waals surface area contributed by atoms with Crippen LogP contribution in [0.1, 0.15) is 45.6 Å². The summed E-state index contributed by atoms with van der Waals surface area (Å²) in [6.07, 6.45) is 1.66. The van der Waals surface area contributed by atoms with Gasteiger partial charge >= 0.3 is 6.09 Å². The first-order valence-corrected chi connectivity index (χ1v) is 9.71. The number of rotatable bonds is 12. The molecule has 0 aliphatic rings. The third kappa shape index (κ3) is 9.93. The fraction of sp³-hybridized carbons (Fsp3) is 0.571. The highest BCUT2D eigenvalue weighted by molar-refractivity contribution is 5.86. The van der Waals surface area contributed by atoms with E-state index in [2.05, 4.69) is 10.6 Å². The Bertz CT molecular complexity index is 628. The number of alkyl carbamates (subject to hydrolysis) is 1. The maximum Gasteiger partial charge on any atom is 0.408 e. The van der Waals surface area contributed by atoms with E-state index in [1.54, 1.807) is 0 Å². The van der Waals surface area contributed by atoms with Gasteiger partial charge in [-0.25, -0.2) is 4.79 Å². The van der Waals surface area contributed by atoms with Gasteiger partial charge in [0.15, 0.2) is 0 Å². The largest absolute Gasteiger partial charge is 0.445 e. The standard InChI is InChI=1S/C21H31N3O4/c1-4-5-11-27-15-18(13-22)23-20(25)19(12-16(2)3)24-21(26)28-14-17-9-7-6-8-10-17/h6-10,16,18-19H,4-5,11-12,14-15H2,1-3H3,(H,23,25)(H,24,26)/t18-,19+/m1/s1. The van der Waals surface area contributed by atoms with Gasteiger partial charge in [-0.05, 0) is 24.3 Å². The molecule has 2 amide bonds. The van der Waals surface area contributed by atoms with Crippen molar-refractivity contribution in [2.45, 2.75) is 58.7 Å². The Morgan fingerprint density at radius 2 is 1.89 bits per heavy atom. The van der Waals surface area contributed by atoms with Gasteiger partial charge in [0.1, 0.15) is 18.7 Å². The minimum atomic E-state index is -0.783. The summed E-state index contributed by atoms with van der Waals surface area (Å²) in [7, 11) is 0. The lowest BCUT2D eigenvalue weighted by Crippen LogP contribution is -2.51. The molecule has 2 N–H and O–H groups in total. The maximum absolute atomic E-state index is 12.6. The van der Waals surface area contributed by atoms with E-state index in [-0.39, 0.29) is 19.1 Å². The lowest BCUT2D eigenvalue weighted by Gasteiger charge is -2.21. The minimum absolute atomic E-state index is 0.120. The van der Waals surface area contributed by atoms with Crippen LogP contribution in [-0.4, -0.2) is 37.3 Å². The number of carbonyl (C=O) groups excluding carboxylic acids is 2. The van der Waals surface area contributed by atoms with Crippen molar-refractivity contribution in [1.82, 2.24) is 10.6 Å². The van der Waals surface area contributed by atoms with E-state index in [0.29, 0.717) is 13.0 Å².